The van der Waals surface area contributed by atoms with Crippen LogP contribution in [0.3, 0.4) is 0 Å². The summed E-state index contributed by atoms with van der Waals surface area (Å²) >= 11 is 0. The predicted octanol–water partition coefficient (Wildman–Crippen LogP) is 4.17. The fraction of sp³-hybridized carbons (Fsp3) is 0.588. The van der Waals surface area contributed by atoms with Gasteiger partial charge in [0.1, 0.15) is 5.75 Å². The Morgan fingerprint density at radius 1 is 1.19 bits per heavy atom. The van der Waals surface area contributed by atoms with Crippen LogP contribution in [-0.4, -0.2) is 18.2 Å². The first kappa shape index (κ1) is 15.7. The molecule has 0 aliphatic heterocycles. The largest absolute Gasteiger partial charge is 0.491 e. The molecule has 21 heavy (non-hydrogen) atoms. The van der Waals surface area contributed by atoms with E-state index >= 15 is 0 Å². The standard InChI is InChI=1S/C17H26N2O2/c1-12(2)21-15-10-8-14(9-11-15)18-17(20)19-16-7-5-4-6-13(16)3/h8-13,16H,4-7H2,1-3H3,(H2,18,19,20). The minimum atomic E-state index is -0.119. The maximum atomic E-state index is 12.0. The third kappa shape index (κ3) is 4.96. The van der Waals surface area contributed by atoms with Crippen LogP contribution in [0.15, 0.2) is 24.3 Å². The molecule has 0 aromatic heterocycles. The van der Waals surface area contributed by atoms with E-state index in [2.05, 4.69) is 17.6 Å². The van der Waals surface area contributed by atoms with Crippen molar-refractivity contribution < 1.29 is 9.53 Å². The van der Waals surface area contributed by atoms with Crippen LogP contribution in [0.2, 0.25) is 0 Å². The molecule has 1 aliphatic rings. The molecule has 2 unspecified atom stereocenters. The highest BCUT2D eigenvalue weighted by molar-refractivity contribution is 5.89. The molecule has 4 heteroatoms. The summed E-state index contributed by atoms with van der Waals surface area (Å²) < 4.78 is 5.58. The lowest BCUT2D eigenvalue weighted by molar-refractivity contribution is 0.232. The summed E-state index contributed by atoms with van der Waals surface area (Å²) in [6, 6.07) is 7.65. The Hall–Kier alpha value is -1.71. The molecule has 0 spiro atoms. The Morgan fingerprint density at radius 3 is 2.48 bits per heavy atom. The molecule has 0 radical (unpaired) electrons. The van der Waals surface area contributed by atoms with Crippen LogP contribution in [0.5, 0.6) is 5.75 Å². The smallest absolute Gasteiger partial charge is 0.319 e. The number of amides is 2. The van der Waals surface area contributed by atoms with Gasteiger partial charge in [0.05, 0.1) is 6.10 Å². The zero-order chi connectivity index (χ0) is 15.2. The summed E-state index contributed by atoms with van der Waals surface area (Å²) in [5, 5.41) is 5.97. The highest BCUT2D eigenvalue weighted by Gasteiger charge is 2.22. The van der Waals surface area contributed by atoms with Gasteiger partial charge in [-0.1, -0.05) is 19.8 Å². The van der Waals surface area contributed by atoms with Crippen LogP contribution < -0.4 is 15.4 Å². The number of carbonyl (C=O) groups is 1. The SMILES string of the molecule is CC(C)Oc1ccc(NC(=O)NC2CCCCC2C)cc1. The Labute approximate surface area is 127 Å². The molecule has 1 saturated carbocycles. The van der Waals surface area contributed by atoms with E-state index in [-0.39, 0.29) is 12.1 Å². The summed E-state index contributed by atoms with van der Waals surface area (Å²) in [7, 11) is 0. The van der Waals surface area contributed by atoms with E-state index in [9.17, 15) is 4.79 Å². The van der Waals surface area contributed by atoms with Crippen LogP contribution >= 0.6 is 0 Å². The molecule has 1 aliphatic carbocycles. The van der Waals surface area contributed by atoms with E-state index in [4.69, 9.17) is 4.74 Å². The van der Waals surface area contributed by atoms with Crippen molar-refractivity contribution in [3.63, 3.8) is 0 Å². The molecular weight excluding hydrogens is 264 g/mol. The van der Waals surface area contributed by atoms with E-state index in [0.717, 1.165) is 17.9 Å². The lowest BCUT2D eigenvalue weighted by Gasteiger charge is -2.29. The van der Waals surface area contributed by atoms with Crippen LogP contribution in [0.4, 0.5) is 10.5 Å². The van der Waals surface area contributed by atoms with Crippen LogP contribution in [0.1, 0.15) is 46.5 Å². The first-order valence-corrected chi connectivity index (χ1v) is 7.89. The van der Waals surface area contributed by atoms with E-state index in [1.807, 2.05) is 38.1 Å². The summed E-state index contributed by atoms with van der Waals surface area (Å²) in [5.74, 6) is 1.38. The Morgan fingerprint density at radius 2 is 1.86 bits per heavy atom. The second-order valence-electron chi connectivity index (χ2n) is 6.16. The lowest BCUT2D eigenvalue weighted by atomic mass is 9.86. The minimum Gasteiger partial charge on any atom is -0.491 e. The van der Waals surface area contributed by atoms with E-state index in [1.54, 1.807) is 0 Å². The third-order valence-electron chi connectivity index (χ3n) is 3.91. The number of hydrogen-bond donors (Lipinski definition) is 2. The van der Waals surface area contributed by atoms with Crippen molar-refractivity contribution >= 4 is 11.7 Å². The van der Waals surface area contributed by atoms with Gasteiger partial charge in [0, 0.05) is 11.7 Å². The quantitative estimate of drug-likeness (QED) is 0.874. The van der Waals surface area contributed by atoms with Gasteiger partial charge >= 0.3 is 6.03 Å². The molecule has 2 N–H and O–H groups in total. The normalized spacial score (nSPS) is 21.9. The Balaban J connectivity index is 1.84. The first-order chi connectivity index (χ1) is 10.0. The van der Waals surface area contributed by atoms with Gasteiger partial charge in [-0.2, -0.15) is 0 Å². The highest BCUT2D eigenvalue weighted by atomic mass is 16.5. The van der Waals surface area contributed by atoms with Crippen LogP contribution in [0, 0.1) is 5.92 Å². The second kappa shape index (κ2) is 7.34. The fourth-order valence-corrected chi connectivity index (χ4v) is 2.76. The molecule has 1 aromatic carbocycles. The molecule has 1 aromatic rings. The molecule has 0 heterocycles. The van der Waals surface area contributed by atoms with Crippen LogP contribution in [-0.2, 0) is 0 Å². The summed E-state index contributed by atoms with van der Waals surface area (Å²) in [5.41, 5.74) is 0.784. The van der Waals surface area contributed by atoms with E-state index < -0.39 is 0 Å². The molecular formula is C17H26N2O2. The fourth-order valence-electron chi connectivity index (χ4n) is 2.76. The van der Waals surface area contributed by atoms with E-state index in [0.29, 0.717) is 12.0 Å². The third-order valence-corrected chi connectivity index (χ3v) is 3.91. The van der Waals surface area contributed by atoms with Crippen molar-refractivity contribution in [3.05, 3.63) is 24.3 Å². The van der Waals surface area contributed by atoms with Crippen molar-refractivity contribution in [1.82, 2.24) is 5.32 Å². The van der Waals surface area contributed by atoms with Gasteiger partial charge in [-0.25, -0.2) is 4.79 Å². The Bertz CT molecular complexity index is 456. The first-order valence-electron chi connectivity index (χ1n) is 7.89. The molecule has 2 amide bonds. The van der Waals surface area contributed by atoms with Crippen molar-refractivity contribution in [1.29, 1.82) is 0 Å². The number of benzene rings is 1. The highest BCUT2D eigenvalue weighted by Crippen LogP contribution is 2.24. The molecule has 2 atom stereocenters. The average molecular weight is 290 g/mol. The molecule has 4 nitrogen and oxygen atoms in total. The monoisotopic (exact) mass is 290 g/mol. The zero-order valence-corrected chi connectivity index (χ0v) is 13.2. The van der Waals surface area contributed by atoms with Crippen molar-refractivity contribution in [2.75, 3.05) is 5.32 Å². The van der Waals surface area contributed by atoms with Gasteiger partial charge in [0.25, 0.3) is 0 Å². The number of rotatable bonds is 4. The van der Waals surface area contributed by atoms with Crippen molar-refractivity contribution in [3.8, 4) is 5.75 Å². The minimum absolute atomic E-state index is 0.119. The molecule has 1 fully saturated rings. The van der Waals surface area contributed by atoms with E-state index in [1.165, 1.54) is 19.3 Å². The summed E-state index contributed by atoms with van der Waals surface area (Å²) in [6.45, 7) is 6.19. The maximum absolute atomic E-state index is 12.0. The number of nitrogens with one attached hydrogen (secondary N) is 2. The predicted molar refractivity (Wildman–Crippen MR) is 85.8 cm³/mol. The van der Waals surface area contributed by atoms with Crippen molar-refractivity contribution in [2.24, 2.45) is 5.92 Å². The van der Waals surface area contributed by atoms with Gasteiger partial charge in [0.2, 0.25) is 0 Å². The number of carbonyl (C=O) groups excluding carboxylic acids is 1. The van der Waals surface area contributed by atoms with Gasteiger partial charge in [-0.15, -0.1) is 0 Å². The number of ether oxygens (including phenoxy) is 1. The van der Waals surface area contributed by atoms with Gasteiger partial charge in [0.15, 0.2) is 0 Å². The lowest BCUT2D eigenvalue weighted by Crippen LogP contribution is -2.43. The molecule has 2 rings (SSSR count). The van der Waals surface area contributed by atoms with Gasteiger partial charge < -0.3 is 15.4 Å². The van der Waals surface area contributed by atoms with Crippen LogP contribution in [0.25, 0.3) is 0 Å². The zero-order valence-electron chi connectivity index (χ0n) is 13.2. The number of hydrogen-bond acceptors (Lipinski definition) is 2. The summed E-state index contributed by atoms with van der Waals surface area (Å²) in [6.07, 6.45) is 4.91. The van der Waals surface area contributed by atoms with Crippen molar-refractivity contribution in [2.45, 2.75) is 58.6 Å². The number of anilines is 1. The average Bonchev–Trinajstić information content (AvgIpc) is 2.43. The second-order valence-corrected chi connectivity index (χ2v) is 6.16. The number of urea groups is 1. The molecule has 0 saturated heterocycles. The van der Waals surface area contributed by atoms with Gasteiger partial charge in [-0.05, 0) is 56.9 Å². The maximum Gasteiger partial charge on any atom is 0.319 e. The summed E-state index contributed by atoms with van der Waals surface area (Å²) in [4.78, 5) is 12.0. The van der Waals surface area contributed by atoms with Gasteiger partial charge in [-0.3, -0.25) is 0 Å². The molecule has 0 bridgehead atoms. The molecule has 116 valence electrons. The topological polar surface area (TPSA) is 50.4 Å². The Kier molecular flexibility index (Phi) is 5.48.